The molecular weight excluding hydrogens is 520 g/mol. The van der Waals surface area contributed by atoms with E-state index in [1.54, 1.807) is 24.7 Å². The molecule has 2 aliphatic rings. The maximum Gasteiger partial charge on any atom is 0.416 e. The summed E-state index contributed by atoms with van der Waals surface area (Å²) in [6.07, 6.45) is 4.97. The smallest absolute Gasteiger partial charge is 0.361 e. The van der Waals surface area contributed by atoms with Crippen molar-refractivity contribution in [3.8, 4) is 0 Å². The van der Waals surface area contributed by atoms with Crippen LogP contribution in [0.4, 0.5) is 23.2 Å². The van der Waals surface area contributed by atoms with Gasteiger partial charge < -0.3 is 9.88 Å². The molecule has 1 unspecified atom stereocenters. The van der Waals surface area contributed by atoms with Crippen molar-refractivity contribution in [2.24, 2.45) is 5.92 Å². The lowest BCUT2D eigenvalue weighted by atomic mass is 9.97. The predicted molar refractivity (Wildman–Crippen MR) is 135 cm³/mol. The Morgan fingerprint density at radius 2 is 1.76 bits per heavy atom. The molecule has 3 aromatic rings. The van der Waals surface area contributed by atoms with Crippen LogP contribution in [-0.2, 0) is 29.3 Å². The molecule has 0 spiro atoms. The summed E-state index contributed by atoms with van der Waals surface area (Å²) in [4.78, 5) is 8.97. The summed E-state index contributed by atoms with van der Waals surface area (Å²) in [6.45, 7) is 0.253. The summed E-state index contributed by atoms with van der Waals surface area (Å²) in [6, 6.07) is 7.92. The Kier molecular flexibility index (Phi) is 7.50. The summed E-state index contributed by atoms with van der Waals surface area (Å²) in [5.74, 6) is 0.0420. The zero-order valence-electron chi connectivity index (χ0n) is 20.8. The van der Waals surface area contributed by atoms with Gasteiger partial charge in [-0.05, 0) is 55.2 Å². The third-order valence-electron chi connectivity index (χ3n) is 7.69. The number of sulfonamides is 1. The zero-order chi connectivity index (χ0) is 26.9. The summed E-state index contributed by atoms with van der Waals surface area (Å²) in [7, 11) is -4.21. The number of alkyl halides is 3. The van der Waals surface area contributed by atoms with Crippen LogP contribution in [-0.4, -0.2) is 35.3 Å². The van der Waals surface area contributed by atoms with Crippen LogP contribution in [0.15, 0.2) is 59.9 Å². The van der Waals surface area contributed by atoms with Crippen LogP contribution in [0.2, 0.25) is 0 Å². The number of aromatic amines is 1. The first-order valence-corrected chi connectivity index (χ1v) is 14.3. The number of hydrogen-bond donors (Lipinski definition) is 1. The average molecular weight is 551 g/mol. The van der Waals surface area contributed by atoms with Gasteiger partial charge in [0.25, 0.3) is 0 Å². The highest BCUT2D eigenvalue weighted by atomic mass is 32.2. The van der Waals surface area contributed by atoms with E-state index in [1.165, 1.54) is 23.2 Å². The first-order valence-electron chi connectivity index (χ1n) is 12.8. The molecule has 1 atom stereocenters. The van der Waals surface area contributed by atoms with Gasteiger partial charge in [-0.1, -0.05) is 31.7 Å². The van der Waals surface area contributed by atoms with E-state index in [9.17, 15) is 21.6 Å². The normalized spacial score (nSPS) is 19.5. The Balaban J connectivity index is 1.52. The number of aromatic nitrogens is 2. The molecule has 38 heavy (non-hydrogen) atoms. The maximum absolute atomic E-state index is 15.2. The molecule has 0 bridgehead atoms. The molecule has 0 saturated heterocycles. The van der Waals surface area contributed by atoms with Gasteiger partial charge in [-0.25, -0.2) is 17.8 Å². The molecule has 1 saturated carbocycles. The lowest BCUT2D eigenvalue weighted by Gasteiger charge is -2.34. The Bertz CT molecular complexity index is 1340. The van der Waals surface area contributed by atoms with Gasteiger partial charge in [-0.15, -0.1) is 0 Å². The lowest BCUT2D eigenvalue weighted by molar-refractivity contribution is -0.137. The van der Waals surface area contributed by atoms with Gasteiger partial charge in [-0.3, -0.25) is 0 Å². The first kappa shape index (κ1) is 26.7. The molecule has 1 fully saturated rings. The number of H-pyrrole nitrogens is 1. The van der Waals surface area contributed by atoms with Crippen LogP contribution in [0.5, 0.6) is 0 Å². The molecule has 1 aliphatic heterocycles. The van der Waals surface area contributed by atoms with Gasteiger partial charge in [-0.2, -0.15) is 17.5 Å². The van der Waals surface area contributed by atoms with E-state index >= 15 is 4.39 Å². The molecule has 11 heteroatoms. The standard InChI is InChI=1S/C27H30F4N4O2S/c28-25-6-3-7-26-24(25)17-34(38(36,37)23-12-9-20(10-13-23)27(29,30)31)16-22(11-8-19-4-1-2-5-19)35(26)15-21-14-32-18-33-21/h3,6-7,9-10,12-14,18-19,22H,1-2,4-5,8,11,15-17H2,(H,32,33). The summed E-state index contributed by atoms with van der Waals surface area (Å²) in [5, 5.41) is 0. The van der Waals surface area contributed by atoms with Gasteiger partial charge in [0.15, 0.2) is 0 Å². The predicted octanol–water partition coefficient (Wildman–Crippen LogP) is 6.12. The fourth-order valence-electron chi connectivity index (χ4n) is 5.64. The summed E-state index contributed by atoms with van der Waals surface area (Å²) >= 11 is 0. The van der Waals surface area contributed by atoms with Crippen molar-refractivity contribution in [3.63, 3.8) is 0 Å². The number of imidazole rings is 1. The molecule has 0 amide bonds. The van der Waals surface area contributed by atoms with Crippen molar-refractivity contribution in [3.05, 3.63) is 77.6 Å². The van der Waals surface area contributed by atoms with Crippen molar-refractivity contribution >= 4 is 15.7 Å². The van der Waals surface area contributed by atoms with Crippen LogP contribution < -0.4 is 4.90 Å². The summed E-state index contributed by atoms with van der Waals surface area (Å²) < 4.78 is 83.2. The van der Waals surface area contributed by atoms with Crippen LogP contribution >= 0.6 is 0 Å². The third-order valence-corrected chi connectivity index (χ3v) is 9.52. The van der Waals surface area contributed by atoms with Crippen LogP contribution in [0.25, 0.3) is 0 Å². The number of nitrogens with one attached hydrogen (secondary N) is 1. The van der Waals surface area contributed by atoms with E-state index in [-0.39, 0.29) is 29.6 Å². The molecular formula is C27H30F4N4O2S. The van der Waals surface area contributed by atoms with Gasteiger partial charge in [0.2, 0.25) is 10.0 Å². The number of nitrogens with zero attached hydrogens (tertiary/aromatic N) is 3. The Hall–Kier alpha value is -2.92. The second-order valence-electron chi connectivity index (χ2n) is 10.1. The van der Waals surface area contributed by atoms with E-state index in [2.05, 4.69) is 9.97 Å². The molecule has 5 rings (SSSR count). The molecule has 1 aliphatic carbocycles. The monoisotopic (exact) mass is 550 g/mol. The van der Waals surface area contributed by atoms with Gasteiger partial charge >= 0.3 is 6.18 Å². The number of halogens is 4. The minimum absolute atomic E-state index is 0.0817. The van der Waals surface area contributed by atoms with Crippen molar-refractivity contribution in [2.45, 2.75) is 68.7 Å². The van der Waals surface area contributed by atoms with E-state index < -0.39 is 27.6 Å². The van der Waals surface area contributed by atoms with Gasteiger partial charge in [0, 0.05) is 36.6 Å². The summed E-state index contributed by atoms with van der Waals surface area (Å²) in [5.41, 5.74) is 0.737. The highest BCUT2D eigenvalue weighted by molar-refractivity contribution is 7.89. The molecule has 2 heterocycles. The minimum Gasteiger partial charge on any atom is -0.361 e. The second-order valence-corrected chi connectivity index (χ2v) is 12.1. The number of fused-ring (bicyclic) bond motifs is 1. The van der Waals surface area contributed by atoms with Crippen molar-refractivity contribution < 1.29 is 26.0 Å². The highest BCUT2D eigenvalue weighted by Gasteiger charge is 2.37. The molecule has 0 radical (unpaired) electrons. The van der Waals surface area contributed by atoms with Crippen molar-refractivity contribution in [2.75, 3.05) is 11.4 Å². The average Bonchev–Trinajstić information content (AvgIpc) is 3.57. The molecule has 1 N–H and O–H groups in total. The number of hydrogen-bond acceptors (Lipinski definition) is 4. The Labute approximate surface area is 219 Å². The van der Waals surface area contributed by atoms with E-state index in [1.807, 2.05) is 4.90 Å². The molecule has 204 valence electrons. The van der Waals surface area contributed by atoms with Crippen molar-refractivity contribution in [1.82, 2.24) is 14.3 Å². The fraction of sp³-hybridized carbons (Fsp3) is 0.444. The van der Waals surface area contributed by atoms with E-state index in [0.717, 1.165) is 49.2 Å². The number of rotatable bonds is 7. The first-order chi connectivity index (χ1) is 18.1. The Morgan fingerprint density at radius 3 is 2.42 bits per heavy atom. The van der Waals surface area contributed by atoms with E-state index in [0.29, 0.717) is 24.6 Å². The van der Waals surface area contributed by atoms with E-state index in [4.69, 9.17) is 0 Å². The SMILES string of the molecule is O=S(=O)(c1ccc(C(F)(F)F)cc1)N1Cc2c(F)cccc2N(Cc2cnc[nH]2)C(CCC2CCCC2)C1. The maximum atomic E-state index is 15.2. The molecule has 1 aromatic heterocycles. The number of benzene rings is 2. The lowest BCUT2D eigenvalue weighted by Crippen LogP contribution is -2.43. The van der Waals surface area contributed by atoms with Crippen LogP contribution in [0, 0.1) is 11.7 Å². The Morgan fingerprint density at radius 1 is 1.03 bits per heavy atom. The molecule has 2 aromatic carbocycles. The topological polar surface area (TPSA) is 69.3 Å². The fourth-order valence-corrected chi connectivity index (χ4v) is 7.08. The van der Waals surface area contributed by atoms with Gasteiger partial charge in [0.05, 0.1) is 29.0 Å². The number of anilines is 1. The zero-order valence-corrected chi connectivity index (χ0v) is 21.6. The quantitative estimate of drug-likeness (QED) is 0.360. The van der Waals surface area contributed by atoms with Crippen LogP contribution in [0.3, 0.4) is 0 Å². The highest BCUT2D eigenvalue weighted by Crippen LogP contribution is 2.37. The third kappa shape index (κ3) is 5.58. The molecule has 6 nitrogen and oxygen atoms in total. The van der Waals surface area contributed by atoms with Gasteiger partial charge in [0.1, 0.15) is 5.82 Å². The van der Waals surface area contributed by atoms with Crippen molar-refractivity contribution in [1.29, 1.82) is 0 Å². The largest absolute Gasteiger partial charge is 0.416 e. The second kappa shape index (κ2) is 10.7. The minimum atomic E-state index is -4.58. The van der Waals surface area contributed by atoms with Crippen LogP contribution in [0.1, 0.15) is 55.3 Å².